The highest BCUT2D eigenvalue weighted by atomic mass is 32.2. The molecule has 1 amide bonds. The normalized spacial score (nSPS) is 18.0. The van der Waals surface area contributed by atoms with E-state index in [1.165, 1.54) is 30.5 Å². The second kappa shape index (κ2) is 7.77. The Hall–Kier alpha value is -2.23. The molecule has 1 fully saturated rings. The molecular formula is C16H20N4O4S. The number of nitrogens with zero attached hydrogens (tertiary/aromatic N) is 1. The SMILES string of the molecule is O=C(N[C@H]1CCCNC1)c1ccc(S(=O)(=O)NCc2ccon2)cc1. The average molecular weight is 364 g/mol. The Morgan fingerprint density at radius 1 is 1.28 bits per heavy atom. The van der Waals surface area contributed by atoms with Gasteiger partial charge in [0.25, 0.3) is 5.91 Å². The topological polar surface area (TPSA) is 113 Å². The van der Waals surface area contributed by atoms with Gasteiger partial charge in [-0.15, -0.1) is 0 Å². The number of piperidine rings is 1. The van der Waals surface area contributed by atoms with E-state index in [0.717, 1.165) is 25.9 Å². The van der Waals surface area contributed by atoms with Crippen LogP contribution in [-0.4, -0.2) is 38.6 Å². The van der Waals surface area contributed by atoms with Crippen LogP contribution in [0.15, 0.2) is 46.0 Å². The first-order valence-electron chi connectivity index (χ1n) is 8.05. The molecule has 0 aliphatic carbocycles. The molecule has 3 N–H and O–H groups in total. The van der Waals surface area contributed by atoms with Gasteiger partial charge in [-0.25, -0.2) is 13.1 Å². The fourth-order valence-corrected chi connectivity index (χ4v) is 3.61. The van der Waals surface area contributed by atoms with E-state index in [-0.39, 0.29) is 23.4 Å². The molecule has 2 aromatic rings. The lowest BCUT2D eigenvalue weighted by atomic mass is 10.1. The van der Waals surface area contributed by atoms with Crippen LogP contribution in [0.3, 0.4) is 0 Å². The van der Waals surface area contributed by atoms with E-state index < -0.39 is 10.0 Å². The van der Waals surface area contributed by atoms with E-state index in [1.54, 1.807) is 6.07 Å². The summed E-state index contributed by atoms with van der Waals surface area (Å²) in [5.41, 5.74) is 0.918. The summed E-state index contributed by atoms with van der Waals surface area (Å²) in [6.45, 7) is 1.76. The molecule has 1 aromatic heterocycles. The Morgan fingerprint density at radius 2 is 2.08 bits per heavy atom. The van der Waals surface area contributed by atoms with Crippen molar-refractivity contribution < 1.29 is 17.7 Å². The van der Waals surface area contributed by atoms with E-state index in [4.69, 9.17) is 0 Å². The number of hydrogen-bond acceptors (Lipinski definition) is 6. The minimum absolute atomic E-state index is 0.0375. The highest BCUT2D eigenvalue weighted by Gasteiger charge is 2.18. The van der Waals surface area contributed by atoms with Crippen molar-refractivity contribution in [2.45, 2.75) is 30.3 Å². The van der Waals surface area contributed by atoms with Gasteiger partial charge in [-0.05, 0) is 43.7 Å². The number of benzene rings is 1. The Labute approximate surface area is 146 Å². The zero-order valence-corrected chi connectivity index (χ0v) is 14.4. The number of nitrogens with one attached hydrogen (secondary N) is 3. The number of amides is 1. The summed E-state index contributed by atoms with van der Waals surface area (Å²) in [5, 5.41) is 9.83. The molecule has 0 bridgehead atoms. The summed E-state index contributed by atoms with van der Waals surface area (Å²) in [4.78, 5) is 12.3. The highest BCUT2D eigenvalue weighted by Crippen LogP contribution is 2.12. The molecule has 1 aliphatic heterocycles. The fourth-order valence-electron chi connectivity index (χ4n) is 2.61. The lowest BCUT2D eigenvalue weighted by Crippen LogP contribution is -2.45. The highest BCUT2D eigenvalue weighted by molar-refractivity contribution is 7.89. The van der Waals surface area contributed by atoms with Crippen LogP contribution in [0.2, 0.25) is 0 Å². The van der Waals surface area contributed by atoms with Crippen LogP contribution in [0, 0.1) is 0 Å². The van der Waals surface area contributed by atoms with Gasteiger partial charge < -0.3 is 15.2 Å². The largest absolute Gasteiger partial charge is 0.364 e. The molecule has 134 valence electrons. The third-order valence-corrected chi connectivity index (χ3v) is 5.41. The smallest absolute Gasteiger partial charge is 0.251 e. The van der Waals surface area contributed by atoms with Crippen LogP contribution in [0.1, 0.15) is 28.9 Å². The van der Waals surface area contributed by atoms with E-state index in [1.807, 2.05) is 0 Å². The Kier molecular flexibility index (Phi) is 5.47. The molecule has 2 heterocycles. The monoisotopic (exact) mass is 364 g/mol. The zero-order chi connectivity index (χ0) is 17.7. The molecule has 25 heavy (non-hydrogen) atoms. The van der Waals surface area contributed by atoms with Crippen molar-refractivity contribution in [3.8, 4) is 0 Å². The Balaban J connectivity index is 1.61. The molecule has 1 saturated heterocycles. The van der Waals surface area contributed by atoms with Crippen LogP contribution in [0.5, 0.6) is 0 Å². The van der Waals surface area contributed by atoms with Crippen molar-refractivity contribution in [2.75, 3.05) is 13.1 Å². The molecule has 8 nitrogen and oxygen atoms in total. The number of carbonyl (C=O) groups is 1. The van der Waals surface area contributed by atoms with Crippen molar-refractivity contribution in [1.82, 2.24) is 20.5 Å². The first-order chi connectivity index (χ1) is 12.0. The van der Waals surface area contributed by atoms with Crippen LogP contribution < -0.4 is 15.4 Å². The molecule has 0 unspecified atom stereocenters. The Morgan fingerprint density at radius 3 is 2.72 bits per heavy atom. The third kappa shape index (κ3) is 4.65. The number of aromatic nitrogens is 1. The summed E-state index contributed by atoms with van der Waals surface area (Å²) in [6.07, 6.45) is 3.34. The quantitative estimate of drug-likeness (QED) is 0.693. The summed E-state index contributed by atoms with van der Waals surface area (Å²) in [5.74, 6) is -0.201. The Bertz CT molecular complexity index is 797. The first kappa shape index (κ1) is 17.6. The predicted octanol–water partition coefficient (Wildman–Crippen LogP) is 0.635. The van der Waals surface area contributed by atoms with Crippen LogP contribution in [0.25, 0.3) is 0 Å². The fraction of sp³-hybridized carbons (Fsp3) is 0.375. The van der Waals surface area contributed by atoms with Gasteiger partial charge in [-0.3, -0.25) is 4.79 Å². The summed E-state index contributed by atoms with van der Waals surface area (Å²) in [6, 6.07) is 7.54. The maximum atomic E-state index is 12.2. The van der Waals surface area contributed by atoms with Gasteiger partial charge >= 0.3 is 0 Å². The first-order valence-corrected chi connectivity index (χ1v) is 9.53. The number of carbonyl (C=O) groups excluding carboxylic acids is 1. The van der Waals surface area contributed by atoms with E-state index in [2.05, 4.69) is 25.0 Å². The van der Waals surface area contributed by atoms with Gasteiger partial charge in [0.15, 0.2) is 0 Å². The maximum Gasteiger partial charge on any atom is 0.251 e. The van der Waals surface area contributed by atoms with Crippen LogP contribution in [-0.2, 0) is 16.6 Å². The van der Waals surface area contributed by atoms with Gasteiger partial charge in [-0.2, -0.15) is 0 Å². The number of rotatable bonds is 6. The molecule has 1 aliphatic rings. The molecule has 0 saturated carbocycles. The van der Waals surface area contributed by atoms with Crippen molar-refractivity contribution in [3.05, 3.63) is 47.9 Å². The predicted molar refractivity (Wildman–Crippen MR) is 90.3 cm³/mol. The maximum absolute atomic E-state index is 12.2. The van der Waals surface area contributed by atoms with Crippen LogP contribution >= 0.6 is 0 Å². The molecule has 9 heteroatoms. The van der Waals surface area contributed by atoms with Gasteiger partial charge in [0, 0.05) is 24.2 Å². The van der Waals surface area contributed by atoms with Gasteiger partial charge in [0.1, 0.15) is 6.26 Å². The summed E-state index contributed by atoms with van der Waals surface area (Å²) < 4.78 is 31.6. The van der Waals surface area contributed by atoms with Crippen molar-refractivity contribution in [2.24, 2.45) is 0 Å². The van der Waals surface area contributed by atoms with Gasteiger partial charge in [0.2, 0.25) is 10.0 Å². The van der Waals surface area contributed by atoms with Crippen molar-refractivity contribution in [1.29, 1.82) is 0 Å². The van der Waals surface area contributed by atoms with E-state index in [9.17, 15) is 13.2 Å². The molecule has 1 aromatic carbocycles. The van der Waals surface area contributed by atoms with E-state index >= 15 is 0 Å². The zero-order valence-electron chi connectivity index (χ0n) is 13.6. The lowest BCUT2D eigenvalue weighted by molar-refractivity contribution is 0.0930. The molecule has 0 spiro atoms. The molecule has 0 radical (unpaired) electrons. The van der Waals surface area contributed by atoms with Crippen LogP contribution in [0.4, 0.5) is 0 Å². The number of sulfonamides is 1. The summed E-state index contributed by atoms with van der Waals surface area (Å²) >= 11 is 0. The van der Waals surface area contributed by atoms with Crippen molar-refractivity contribution in [3.63, 3.8) is 0 Å². The molecule has 3 rings (SSSR count). The van der Waals surface area contributed by atoms with E-state index in [0.29, 0.717) is 11.3 Å². The van der Waals surface area contributed by atoms with Gasteiger partial charge in [0.05, 0.1) is 17.1 Å². The second-order valence-electron chi connectivity index (χ2n) is 5.86. The number of hydrogen-bond donors (Lipinski definition) is 3. The summed E-state index contributed by atoms with van der Waals surface area (Å²) in [7, 11) is -3.68. The third-order valence-electron chi connectivity index (χ3n) is 3.99. The lowest BCUT2D eigenvalue weighted by Gasteiger charge is -2.23. The minimum Gasteiger partial charge on any atom is -0.364 e. The molecular weight excluding hydrogens is 344 g/mol. The van der Waals surface area contributed by atoms with Crippen molar-refractivity contribution >= 4 is 15.9 Å². The standard InChI is InChI=1S/C16H20N4O4S/c21-16(19-13-2-1-8-17-10-13)12-3-5-15(6-4-12)25(22,23)18-11-14-7-9-24-20-14/h3-7,9,13,17-18H,1-2,8,10-11H2,(H,19,21)/t13-/m0/s1. The van der Waals surface area contributed by atoms with Gasteiger partial charge in [-0.1, -0.05) is 5.16 Å². The second-order valence-corrected chi connectivity index (χ2v) is 7.62. The minimum atomic E-state index is -3.68. The average Bonchev–Trinajstić information content (AvgIpc) is 3.15. The molecule has 1 atom stereocenters.